The second kappa shape index (κ2) is 8.45. The molecule has 152 valence electrons. The normalized spacial score (nSPS) is 24.3. The molecule has 3 aliphatic heterocycles. The first-order valence-corrected chi connectivity index (χ1v) is 9.97. The SMILES string of the molecule is C(=C\c1cc(OCC2CO2)cc(OCC2CO2)c1)/c1cccc(OCC2CO2)c1. The van der Waals surface area contributed by atoms with Crippen LogP contribution in [0.2, 0.25) is 0 Å². The molecule has 29 heavy (non-hydrogen) atoms. The van der Waals surface area contributed by atoms with E-state index in [2.05, 4.69) is 6.08 Å². The molecule has 5 rings (SSSR count). The number of rotatable bonds is 11. The predicted molar refractivity (Wildman–Crippen MR) is 108 cm³/mol. The van der Waals surface area contributed by atoms with Gasteiger partial charge >= 0.3 is 0 Å². The van der Waals surface area contributed by atoms with Crippen molar-refractivity contribution in [2.75, 3.05) is 39.6 Å². The Bertz CT molecular complexity index is 833. The summed E-state index contributed by atoms with van der Waals surface area (Å²) < 4.78 is 33.1. The summed E-state index contributed by atoms with van der Waals surface area (Å²) >= 11 is 0. The summed E-state index contributed by atoms with van der Waals surface area (Å²) in [6.45, 7) is 4.05. The highest BCUT2D eigenvalue weighted by Crippen LogP contribution is 2.27. The molecule has 6 nitrogen and oxygen atoms in total. The van der Waals surface area contributed by atoms with Crippen molar-refractivity contribution >= 4 is 12.2 Å². The van der Waals surface area contributed by atoms with E-state index in [9.17, 15) is 0 Å². The van der Waals surface area contributed by atoms with Crippen molar-refractivity contribution in [1.29, 1.82) is 0 Å². The molecule has 0 aromatic heterocycles. The van der Waals surface area contributed by atoms with E-state index in [4.69, 9.17) is 28.4 Å². The van der Waals surface area contributed by atoms with E-state index in [1.54, 1.807) is 0 Å². The summed E-state index contributed by atoms with van der Waals surface area (Å²) in [5.74, 6) is 2.39. The van der Waals surface area contributed by atoms with Crippen LogP contribution in [0.15, 0.2) is 42.5 Å². The summed E-state index contributed by atoms with van der Waals surface area (Å²) in [5.41, 5.74) is 2.06. The Hall–Kier alpha value is -2.54. The highest BCUT2D eigenvalue weighted by atomic mass is 16.6. The van der Waals surface area contributed by atoms with Crippen LogP contribution in [0.5, 0.6) is 17.2 Å². The molecule has 2 aromatic carbocycles. The average molecular weight is 396 g/mol. The number of epoxide rings is 3. The second-order valence-electron chi connectivity index (χ2n) is 7.44. The van der Waals surface area contributed by atoms with E-state index >= 15 is 0 Å². The predicted octanol–water partition coefficient (Wildman–Crippen LogP) is 3.19. The molecule has 3 saturated heterocycles. The van der Waals surface area contributed by atoms with E-state index in [0.717, 1.165) is 48.2 Å². The molecule has 2 aromatic rings. The summed E-state index contributed by atoms with van der Waals surface area (Å²) in [4.78, 5) is 0. The fourth-order valence-electron chi connectivity index (χ4n) is 2.82. The number of hydrogen-bond donors (Lipinski definition) is 0. The molecule has 6 heteroatoms. The monoisotopic (exact) mass is 396 g/mol. The topological polar surface area (TPSA) is 65.3 Å². The zero-order chi connectivity index (χ0) is 19.5. The van der Waals surface area contributed by atoms with Crippen molar-refractivity contribution < 1.29 is 28.4 Å². The zero-order valence-corrected chi connectivity index (χ0v) is 16.1. The molecule has 0 radical (unpaired) electrons. The van der Waals surface area contributed by atoms with E-state index in [1.165, 1.54) is 0 Å². The Morgan fingerprint density at radius 1 is 0.655 bits per heavy atom. The van der Waals surface area contributed by atoms with Gasteiger partial charge in [0.05, 0.1) is 19.8 Å². The maximum absolute atomic E-state index is 5.86. The van der Waals surface area contributed by atoms with Crippen molar-refractivity contribution in [2.45, 2.75) is 18.3 Å². The lowest BCUT2D eigenvalue weighted by Crippen LogP contribution is -2.06. The van der Waals surface area contributed by atoms with Crippen molar-refractivity contribution in [3.05, 3.63) is 53.6 Å². The van der Waals surface area contributed by atoms with Crippen LogP contribution in [-0.4, -0.2) is 58.0 Å². The Kier molecular flexibility index (Phi) is 5.39. The minimum Gasteiger partial charge on any atom is -0.491 e. The first-order valence-electron chi connectivity index (χ1n) is 9.97. The van der Waals surface area contributed by atoms with Crippen molar-refractivity contribution in [3.8, 4) is 17.2 Å². The van der Waals surface area contributed by atoms with Crippen LogP contribution in [-0.2, 0) is 14.2 Å². The van der Waals surface area contributed by atoms with Crippen LogP contribution >= 0.6 is 0 Å². The molecule has 3 aliphatic rings. The first-order chi connectivity index (χ1) is 14.3. The second-order valence-corrected chi connectivity index (χ2v) is 7.44. The molecule has 0 aliphatic carbocycles. The van der Waals surface area contributed by atoms with E-state index in [-0.39, 0.29) is 18.3 Å². The number of benzene rings is 2. The van der Waals surface area contributed by atoms with Gasteiger partial charge in [0.15, 0.2) is 0 Å². The summed E-state index contributed by atoms with van der Waals surface area (Å²) in [7, 11) is 0. The Balaban J connectivity index is 1.27. The first kappa shape index (κ1) is 18.5. The molecular formula is C23H24O6. The highest BCUT2D eigenvalue weighted by molar-refractivity contribution is 5.71. The third-order valence-corrected chi connectivity index (χ3v) is 4.74. The van der Waals surface area contributed by atoms with Gasteiger partial charge in [0.1, 0.15) is 55.4 Å². The molecule has 3 atom stereocenters. The lowest BCUT2D eigenvalue weighted by Gasteiger charge is -2.10. The van der Waals surface area contributed by atoms with Crippen molar-refractivity contribution in [2.24, 2.45) is 0 Å². The van der Waals surface area contributed by atoms with E-state index in [0.29, 0.717) is 19.8 Å². The average Bonchev–Trinajstić information content (AvgIpc) is 3.60. The molecule has 3 fully saturated rings. The van der Waals surface area contributed by atoms with Gasteiger partial charge in [-0.15, -0.1) is 0 Å². The zero-order valence-electron chi connectivity index (χ0n) is 16.1. The minimum absolute atomic E-state index is 0.210. The lowest BCUT2D eigenvalue weighted by atomic mass is 10.1. The van der Waals surface area contributed by atoms with Crippen molar-refractivity contribution in [1.82, 2.24) is 0 Å². The van der Waals surface area contributed by atoms with Crippen LogP contribution in [0, 0.1) is 0 Å². The van der Waals surface area contributed by atoms with Gasteiger partial charge < -0.3 is 28.4 Å². The number of ether oxygens (including phenoxy) is 6. The van der Waals surface area contributed by atoms with Gasteiger partial charge in [-0.2, -0.15) is 0 Å². The van der Waals surface area contributed by atoms with Gasteiger partial charge in [0, 0.05) is 6.07 Å². The molecule has 3 unspecified atom stereocenters. The van der Waals surface area contributed by atoms with E-state index in [1.807, 2.05) is 48.5 Å². The van der Waals surface area contributed by atoms with Crippen LogP contribution in [0.1, 0.15) is 11.1 Å². The smallest absolute Gasteiger partial charge is 0.123 e. The molecule has 0 N–H and O–H groups in total. The van der Waals surface area contributed by atoms with Gasteiger partial charge in [0.2, 0.25) is 0 Å². The molecule has 3 heterocycles. The molecular weight excluding hydrogens is 372 g/mol. The van der Waals surface area contributed by atoms with Gasteiger partial charge in [-0.3, -0.25) is 0 Å². The Labute approximate surface area is 169 Å². The van der Waals surface area contributed by atoms with Gasteiger partial charge in [-0.1, -0.05) is 24.3 Å². The van der Waals surface area contributed by atoms with Crippen LogP contribution in [0.3, 0.4) is 0 Å². The molecule has 0 saturated carbocycles. The van der Waals surface area contributed by atoms with Gasteiger partial charge in [-0.25, -0.2) is 0 Å². The third kappa shape index (κ3) is 5.97. The maximum atomic E-state index is 5.86. The Morgan fingerprint density at radius 3 is 1.69 bits per heavy atom. The lowest BCUT2D eigenvalue weighted by molar-refractivity contribution is 0.252. The molecule has 0 amide bonds. The van der Waals surface area contributed by atoms with Crippen LogP contribution < -0.4 is 14.2 Å². The quantitative estimate of drug-likeness (QED) is 0.429. The highest BCUT2D eigenvalue weighted by Gasteiger charge is 2.24. The number of hydrogen-bond acceptors (Lipinski definition) is 6. The summed E-state index contributed by atoms with van der Waals surface area (Å²) in [6.07, 6.45) is 4.77. The standard InChI is InChI=1S/C23H24O6/c1-2-16(6-18(3-1)24-10-21-13-27-21)4-5-17-7-19(25-11-22-14-28-22)9-20(8-17)26-12-23-15-29-23/h1-9,21-23H,10-15H2/b5-4+. The van der Waals surface area contributed by atoms with Crippen LogP contribution in [0.25, 0.3) is 12.2 Å². The third-order valence-electron chi connectivity index (χ3n) is 4.74. The van der Waals surface area contributed by atoms with Crippen LogP contribution in [0.4, 0.5) is 0 Å². The van der Waals surface area contributed by atoms with Crippen molar-refractivity contribution in [3.63, 3.8) is 0 Å². The minimum atomic E-state index is 0.210. The Morgan fingerprint density at radius 2 is 1.14 bits per heavy atom. The summed E-state index contributed by atoms with van der Waals surface area (Å²) in [6, 6.07) is 13.9. The fraction of sp³-hybridized carbons (Fsp3) is 0.391. The summed E-state index contributed by atoms with van der Waals surface area (Å²) in [5, 5.41) is 0. The van der Waals surface area contributed by atoms with Gasteiger partial charge in [-0.05, 0) is 35.4 Å². The maximum Gasteiger partial charge on any atom is 0.123 e. The largest absolute Gasteiger partial charge is 0.491 e. The molecule has 0 spiro atoms. The fourth-order valence-corrected chi connectivity index (χ4v) is 2.82. The molecule has 0 bridgehead atoms. The van der Waals surface area contributed by atoms with E-state index < -0.39 is 0 Å². The van der Waals surface area contributed by atoms with Gasteiger partial charge in [0.25, 0.3) is 0 Å².